The van der Waals surface area contributed by atoms with E-state index >= 15 is 0 Å². The van der Waals surface area contributed by atoms with Gasteiger partial charge in [-0.25, -0.2) is 9.97 Å². The third kappa shape index (κ3) is 3.38. The molecule has 19 heavy (non-hydrogen) atoms. The first-order valence-electron chi connectivity index (χ1n) is 6.14. The lowest BCUT2D eigenvalue weighted by molar-refractivity contribution is 0.153. The highest BCUT2D eigenvalue weighted by Gasteiger charge is 2.11. The van der Waals surface area contributed by atoms with E-state index in [4.69, 9.17) is 10.2 Å². The summed E-state index contributed by atoms with van der Waals surface area (Å²) in [5.74, 6) is 1.51. The molecular formula is C12H18N4O2S. The predicted molar refractivity (Wildman–Crippen MR) is 76.4 cm³/mol. The predicted octanol–water partition coefficient (Wildman–Crippen LogP) is 0.520. The Kier molecular flexibility index (Phi) is 5.03. The first-order valence-corrected chi connectivity index (χ1v) is 7.02. The molecule has 0 aliphatic carbocycles. The van der Waals surface area contributed by atoms with Crippen LogP contribution in [0.15, 0.2) is 11.4 Å². The number of nitrogens with zero attached hydrogens (tertiary/aromatic N) is 3. The van der Waals surface area contributed by atoms with E-state index in [1.807, 2.05) is 23.4 Å². The van der Waals surface area contributed by atoms with Crippen molar-refractivity contribution in [2.24, 2.45) is 0 Å². The fraction of sp³-hybridized carbons (Fsp3) is 0.500. The van der Waals surface area contributed by atoms with Crippen LogP contribution in [0.2, 0.25) is 0 Å². The average molecular weight is 282 g/mol. The van der Waals surface area contributed by atoms with Crippen molar-refractivity contribution in [2.45, 2.75) is 6.54 Å². The zero-order chi connectivity index (χ0) is 13.7. The maximum atomic E-state index is 9.01. The lowest BCUT2D eigenvalue weighted by atomic mass is 10.3. The van der Waals surface area contributed by atoms with E-state index < -0.39 is 0 Å². The molecule has 0 fully saturated rings. The molecule has 0 amide bonds. The van der Waals surface area contributed by atoms with Gasteiger partial charge in [-0.2, -0.15) is 0 Å². The van der Waals surface area contributed by atoms with Gasteiger partial charge >= 0.3 is 0 Å². The average Bonchev–Trinajstić information content (AvgIpc) is 2.86. The summed E-state index contributed by atoms with van der Waals surface area (Å²) >= 11 is 1.58. The molecule has 0 aromatic carbocycles. The molecule has 0 unspecified atom stereocenters. The summed E-state index contributed by atoms with van der Waals surface area (Å²) in [5.41, 5.74) is 0. The second-order valence-corrected chi connectivity index (χ2v) is 5.00. The molecule has 3 N–H and O–H groups in total. The number of aliphatic hydroxyl groups is 2. The van der Waals surface area contributed by atoms with Gasteiger partial charge in [0.15, 0.2) is 0 Å². The van der Waals surface area contributed by atoms with Crippen LogP contribution >= 0.6 is 11.3 Å². The molecule has 0 bridgehead atoms. The molecule has 0 saturated carbocycles. The normalized spacial score (nSPS) is 11.4. The number of aliphatic hydroxyl groups excluding tert-OH is 2. The number of thiophene rings is 1. The van der Waals surface area contributed by atoms with Crippen molar-refractivity contribution in [2.75, 3.05) is 38.7 Å². The molecule has 6 nitrogen and oxygen atoms in total. The lowest BCUT2D eigenvalue weighted by Gasteiger charge is -2.19. The van der Waals surface area contributed by atoms with Crippen molar-refractivity contribution in [1.82, 2.24) is 14.9 Å². The van der Waals surface area contributed by atoms with Crippen LogP contribution in [0, 0.1) is 0 Å². The van der Waals surface area contributed by atoms with Crippen molar-refractivity contribution >= 4 is 27.4 Å². The number of rotatable bonds is 7. The van der Waals surface area contributed by atoms with E-state index in [1.165, 1.54) is 0 Å². The Balaban J connectivity index is 2.23. The third-order valence-corrected chi connectivity index (χ3v) is 3.61. The largest absolute Gasteiger partial charge is 0.395 e. The summed E-state index contributed by atoms with van der Waals surface area (Å²) in [7, 11) is 1.84. The molecular weight excluding hydrogens is 264 g/mol. The summed E-state index contributed by atoms with van der Waals surface area (Å²) < 4.78 is 0. The van der Waals surface area contributed by atoms with Gasteiger partial charge in [0.1, 0.15) is 16.5 Å². The molecule has 0 aliphatic heterocycles. The van der Waals surface area contributed by atoms with E-state index in [-0.39, 0.29) is 13.2 Å². The monoisotopic (exact) mass is 282 g/mol. The van der Waals surface area contributed by atoms with Crippen molar-refractivity contribution in [3.63, 3.8) is 0 Å². The first-order chi connectivity index (χ1) is 9.28. The zero-order valence-corrected chi connectivity index (χ0v) is 11.7. The molecule has 2 aromatic heterocycles. The highest BCUT2D eigenvalue weighted by molar-refractivity contribution is 7.16. The molecule has 2 aromatic rings. The molecule has 0 radical (unpaired) electrons. The summed E-state index contributed by atoms with van der Waals surface area (Å²) in [6.07, 6.45) is 0. The number of hydrogen-bond donors (Lipinski definition) is 3. The third-order valence-electron chi connectivity index (χ3n) is 2.81. The van der Waals surface area contributed by atoms with Crippen molar-refractivity contribution in [3.8, 4) is 0 Å². The Labute approximate surface area is 115 Å². The fourth-order valence-corrected chi connectivity index (χ4v) is 2.70. The Bertz CT molecular complexity index is 525. The smallest absolute Gasteiger partial charge is 0.146 e. The van der Waals surface area contributed by atoms with Gasteiger partial charge in [-0.15, -0.1) is 11.3 Å². The fourth-order valence-electron chi connectivity index (χ4n) is 1.91. The van der Waals surface area contributed by atoms with Gasteiger partial charge in [0, 0.05) is 20.1 Å². The van der Waals surface area contributed by atoms with Crippen LogP contribution in [0.5, 0.6) is 0 Å². The molecule has 7 heteroatoms. The van der Waals surface area contributed by atoms with E-state index in [1.54, 1.807) is 11.3 Å². The Hall–Kier alpha value is -1.28. The highest BCUT2D eigenvalue weighted by Crippen LogP contribution is 2.24. The van der Waals surface area contributed by atoms with Crippen LogP contribution < -0.4 is 5.32 Å². The van der Waals surface area contributed by atoms with Gasteiger partial charge in [0.25, 0.3) is 0 Å². The van der Waals surface area contributed by atoms with Crippen LogP contribution in [0.25, 0.3) is 10.2 Å². The minimum absolute atomic E-state index is 0.0557. The van der Waals surface area contributed by atoms with Crippen LogP contribution in [0.3, 0.4) is 0 Å². The van der Waals surface area contributed by atoms with Crippen molar-refractivity contribution < 1.29 is 10.2 Å². The maximum Gasteiger partial charge on any atom is 0.146 e. The molecule has 2 heterocycles. The van der Waals surface area contributed by atoms with Gasteiger partial charge in [-0.3, -0.25) is 4.90 Å². The lowest BCUT2D eigenvalue weighted by Crippen LogP contribution is -2.30. The molecule has 104 valence electrons. The second-order valence-electron chi connectivity index (χ2n) is 4.10. The molecule has 0 atom stereocenters. The van der Waals surface area contributed by atoms with Gasteiger partial charge < -0.3 is 15.5 Å². The van der Waals surface area contributed by atoms with E-state index in [0.29, 0.717) is 25.5 Å². The number of hydrogen-bond acceptors (Lipinski definition) is 7. The quantitative estimate of drug-likeness (QED) is 0.687. The summed E-state index contributed by atoms with van der Waals surface area (Å²) in [6, 6.07) is 1.99. The minimum atomic E-state index is 0.0557. The first kappa shape index (κ1) is 14.1. The summed E-state index contributed by atoms with van der Waals surface area (Å²) in [4.78, 5) is 11.9. The zero-order valence-electron chi connectivity index (χ0n) is 10.8. The number of fused-ring (bicyclic) bond motifs is 1. The van der Waals surface area contributed by atoms with E-state index in [2.05, 4.69) is 15.3 Å². The number of anilines is 1. The molecule has 2 rings (SSSR count). The number of nitrogens with one attached hydrogen (secondary N) is 1. The van der Waals surface area contributed by atoms with Crippen LogP contribution in [-0.2, 0) is 6.54 Å². The van der Waals surface area contributed by atoms with E-state index in [0.717, 1.165) is 16.0 Å². The Morgan fingerprint density at radius 3 is 2.63 bits per heavy atom. The van der Waals surface area contributed by atoms with Crippen LogP contribution in [0.1, 0.15) is 5.82 Å². The van der Waals surface area contributed by atoms with Crippen molar-refractivity contribution in [3.05, 3.63) is 17.3 Å². The Morgan fingerprint density at radius 1 is 1.26 bits per heavy atom. The molecule has 0 spiro atoms. The minimum Gasteiger partial charge on any atom is -0.395 e. The maximum absolute atomic E-state index is 9.01. The highest BCUT2D eigenvalue weighted by atomic mass is 32.1. The van der Waals surface area contributed by atoms with Gasteiger partial charge in [0.2, 0.25) is 0 Å². The molecule has 0 saturated heterocycles. The number of aromatic nitrogens is 2. The van der Waals surface area contributed by atoms with Gasteiger partial charge in [0.05, 0.1) is 25.1 Å². The topological polar surface area (TPSA) is 81.5 Å². The van der Waals surface area contributed by atoms with Crippen LogP contribution in [0.4, 0.5) is 5.82 Å². The summed E-state index contributed by atoms with van der Waals surface area (Å²) in [6.45, 7) is 1.63. The van der Waals surface area contributed by atoms with Gasteiger partial charge in [-0.05, 0) is 11.4 Å². The van der Waals surface area contributed by atoms with Gasteiger partial charge in [-0.1, -0.05) is 0 Å². The summed E-state index contributed by atoms with van der Waals surface area (Å²) in [5, 5.41) is 24.1. The van der Waals surface area contributed by atoms with E-state index in [9.17, 15) is 0 Å². The molecule has 0 aliphatic rings. The van der Waals surface area contributed by atoms with Crippen LogP contribution in [-0.4, -0.2) is 58.4 Å². The van der Waals surface area contributed by atoms with Crippen molar-refractivity contribution in [1.29, 1.82) is 0 Å². The second kappa shape index (κ2) is 6.76. The SMILES string of the molecule is CNc1nc(CN(CCO)CCO)nc2sccc12. The Morgan fingerprint density at radius 2 is 2.00 bits per heavy atom. The standard InChI is InChI=1S/C12H18N4O2S/c1-13-11-9-2-7-19-12(9)15-10(14-11)8-16(3-5-17)4-6-18/h2,7,17-18H,3-6,8H2,1H3,(H,13,14,15).